The molecule has 2 heterocycles. The van der Waals surface area contributed by atoms with Crippen molar-refractivity contribution in [2.24, 2.45) is 0 Å². The summed E-state index contributed by atoms with van der Waals surface area (Å²) in [6.07, 6.45) is 5.04. The van der Waals surface area contributed by atoms with Crippen LogP contribution in [0.4, 0.5) is 0 Å². The molecule has 1 aliphatic rings. The third-order valence-electron chi connectivity index (χ3n) is 2.86. The first kappa shape index (κ1) is 9.24. The van der Waals surface area contributed by atoms with Gasteiger partial charge in [0.1, 0.15) is 0 Å². The van der Waals surface area contributed by atoms with E-state index in [2.05, 4.69) is 4.98 Å². The second kappa shape index (κ2) is 3.44. The molecule has 4 nitrogen and oxygen atoms in total. The molecule has 0 radical (unpaired) electrons. The molecule has 0 aliphatic carbocycles. The third-order valence-corrected chi connectivity index (χ3v) is 2.86. The third kappa shape index (κ3) is 1.52. The maximum absolute atomic E-state index is 10.7. The molecule has 1 aromatic heterocycles. The van der Waals surface area contributed by atoms with Crippen molar-refractivity contribution in [3.63, 3.8) is 0 Å². The highest BCUT2D eigenvalue weighted by molar-refractivity contribution is 5.67. The Morgan fingerprint density at radius 1 is 1.79 bits per heavy atom. The van der Waals surface area contributed by atoms with E-state index in [1.165, 1.54) is 5.69 Å². The van der Waals surface area contributed by atoms with Crippen LogP contribution in [0.25, 0.3) is 0 Å². The Hall–Kier alpha value is -1.32. The minimum atomic E-state index is -0.728. The van der Waals surface area contributed by atoms with Gasteiger partial charge in [-0.3, -0.25) is 4.79 Å². The fraction of sp³-hybridized carbons (Fsp3) is 0.600. The van der Waals surface area contributed by atoms with Crippen LogP contribution in [0.1, 0.15) is 36.7 Å². The molecular formula is C10H14N2O2. The number of hydrogen-bond donors (Lipinski definition) is 1. The van der Waals surface area contributed by atoms with Crippen LogP contribution in [0.3, 0.4) is 0 Å². The molecular weight excluding hydrogens is 180 g/mol. The van der Waals surface area contributed by atoms with Gasteiger partial charge in [-0.05, 0) is 26.2 Å². The van der Waals surface area contributed by atoms with Gasteiger partial charge in [-0.1, -0.05) is 0 Å². The molecule has 0 saturated carbocycles. The zero-order valence-corrected chi connectivity index (χ0v) is 8.23. The van der Waals surface area contributed by atoms with Crippen LogP contribution >= 0.6 is 0 Å². The number of rotatable bonds is 2. The Morgan fingerprint density at radius 2 is 2.57 bits per heavy atom. The Balaban J connectivity index is 2.27. The monoisotopic (exact) mass is 194 g/mol. The van der Waals surface area contributed by atoms with Gasteiger partial charge in [-0.25, -0.2) is 4.98 Å². The SMILES string of the molecule is Cc1ncn2c1CCCC2CC(=O)O. The summed E-state index contributed by atoms with van der Waals surface area (Å²) in [5, 5.41) is 8.76. The van der Waals surface area contributed by atoms with E-state index in [1.54, 1.807) is 6.33 Å². The first-order chi connectivity index (χ1) is 6.68. The van der Waals surface area contributed by atoms with Crippen LogP contribution < -0.4 is 0 Å². The summed E-state index contributed by atoms with van der Waals surface area (Å²) in [5.74, 6) is -0.728. The summed E-state index contributed by atoms with van der Waals surface area (Å²) < 4.78 is 2.03. The number of aromatic nitrogens is 2. The van der Waals surface area contributed by atoms with Gasteiger partial charge >= 0.3 is 5.97 Å². The maximum Gasteiger partial charge on any atom is 0.305 e. The second-order valence-corrected chi connectivity index (χ2v) is 3.83. The highest BCUT2D eigenvalue weighted by atomic mass is 16.4. The summed E-state index contributed by atoms with van der Waals surface area (Å²) in [4.78, 5) is 14.9. The van der Waals surface area contributed by atoms with E-state index >= 15 is 0 Å². The van der Waals surface area contributed by atoms with Crippen LogP contribution in [0.15, 0.2) is 6.33 Å². The number of hydrogen-bond acceptors (Lipinski definition) is 2. The summed E-state index contributed by atoms with van der Waals surface area (Å²) in [5.41, 5.74) is 2.25. The number of nitrogens with zero attached hydrogens (tertiary/aromatic N) is 2. The van der Waals surface area contributed by atoms with Crippen molar-refractivity contribution in [3.05, 3.63) is 17.7 Å². The molecule has 1 aliphatic heterocycles. The number of carboxylic acids is 1. The van der Waals surface area contributed by atoms with E-state index in [-0.39, 0.29) is 12.5 Å². The Morgan fingerprint density at radius 3 is 3.29 bits per heavy atom. The molecule has 1 atom stereocenters. The van der Waals surface area contributed by atoms with Crippen LogP contribution in [0.2, 0.25) is 0 Å². The minimum Gasteiger partial charge on any atom is -0.481 e. The molecule has 0 saturated heterocycles. The summed E-state index contributed by atoms with van der Waals surface area (Å²) in [6.45, 7) is 1.98. The molecule has 0 amide bonds. The fourth-order valence-corrected chi connectivity index (χ4v) is 2.15. The van der Waals surface area contributed by atoms with Crippen molar-refractivity contribution < 1.29 is 9.90 Å². The lowest BCUT2D eigenvalue weighted by atomic mass is 9.99. The molecule has 4 heteroatoms. The van der Waals surface area contributed by atoms with Crippen LogP contribution in [-0.2, 0) is 11.2 Å². The molecule has 76 valence electrons. The Labute approximate surface area is 82.6 Å². The zero-order chi connectivity index (χ0) is 10.1. The number of fused-ring (bicyclic) bond motifs is 1. The van der Waals surface area contributed by atoms with Crippen LogP contribution in [0, 0.1) is 6.92 Å². The predicted octanol–water partition coefficient (Wildman–Crippen LogP) is 1.54. The number of carbonyl (C=O) groups is 1. The highest BCUT2D eigenvalue weighted by Gasteiger charge is 2.23. The Kier molecular flexibility index (Phi) is 2.27. The van der Waals surface area contributed by atoms with Gasteiger partial charge in [0.05, 0.1) is 18.4 Å². The average Bonchev–Trinajstić information content (AvgIpc) is 2.49. The maximum atomic E-state index is 10.7. The number of aliphatic carboxylic acids is 1. The fourth-order valence-electron chi connectivity index (χ4n) is 2.15. The largest absolute Gasteiger partial charge is 0.481 e. The smallest absolute Gasteiger partial charge is 0.305 e. The normalized spacial score (nSPS) is 20.5. The van der Waals surface area contributed by atoms with Gasteiger partial charge in [0.25, 0.3) is 0 Å². The highest BCUT2D eigenvalue weighted by Crippen LogP contribution is 2.28. The van der Waals surface area contributed by atoms with Crippen molar-refractivity contribution in [3.8, 4) is 0 Å². The summed E-state index contributed by atoms with van der Waals surface area (Å²) in [6, 6.07) is 0.109. The minimum absolute atomic E-state index is 0.109. The van der Waals surface area contributed by atoms with Crippen molar-refractivity contribution >= 4 is 5.97 Å². The topological polar surface area (TPSA) is 55.1 Å². The van der Waals surface area contributed by atoms with E-state index in [9.17, 15) is 4.79 Å². The molecule has 1 N–H and O–H groups in total. The first-order valence-corrected chi connectivity index (χ1v) is 4.92. The van der Waals surface area contributed by atoms with Crippen molar-refractivity contribution in [1.29, 1.82) is 0 Å². The molecule has 0 bridgehead atoms. The molecule has 1 unspecified atom stereocenters. The average molecular weight is 194 g/mol. The van der Waals surface area contributed by atoms with Gasteiger partial charge < -0.3 is 9.67 Å². The van der Waals surface area contributed by atoms with Gasteiger partial charge in [0.15, 0.2) is 0 Å². The predicted molar refractivity (Wildman–Crippen MR) is 51.2 cm³/mol. The van der Waals surface area contributed by atoms with Gasteiger partial charge in [0.2, 0.25) is 0 Å². The lowest BCUT2D eigenvalue weighted by molar-refractivity contribution is -0.138. The molecule has 0 fully saturated rings. The second-order valence-electron chi connectivity index (χ2n) is 3.83. The molecule has 0 spiro atoms. The van der Waals surface area contributed by atoms with Crippen LogP contribution in [-0.4, -0.2) is 20.6 Å². The van der Waals surface area contributed by atoms with Crippen LogP contribution in [0.5, 0.6) is 0 Å². The molecule has 1 aromatic rings. The quantitative estimate of drug-likeness (QED) is 0.777. The van der Waals surface area contributed by atoms with E-state index in [0.29, 0.717) is 0 Å². The summed E-state index contributed by atoms with van der Waals surface area (Å²) in [7, 11) is 0. The summed E-state index contributed by atoms with van der Waals surface area (Å²) >= 11 is 0. The lowest BCUT2D eigenvalue weighted by Gasteiger charge is -2.24. The van der Waals surface area contributed by atoms with Gasteiger partial charge in [0, 0.05) is 11.7 Å². The number of carboxylic acid groups (broad SMARTS) is 1. The molecule has 0 aromatic carbocycles. The molecule has 2 rings (SSSR count). The van der Waals surface area contributed by atoms with E-state index in [0.717, 1.165) is 25.0 Å². The van der Waals surface area contributed by atoms with E-state index < -0.39 is 5.97 Å². The number of imidazole rings is 1. The standard InChI is InChI=1S/C10H14N2O2/c1-7-9-4-2-3-8(5-10(13)14)12(9)6-11-7/h6,8H,2-5H2,1H3,(H,13,14). The zero-order valence-electron chi connectivity index (χ0n) is 8.23. The van der Waals surface area contributed by atoms with E-state index in [1.807, 2.05) is 11.5 Å². The van der Waals surface area contributed by atoms with Gasteiger partial charge in [-0.2, -0.15) is 0 Å². The Bertz CT molecular complexity index is 357. The first-order valence-electron chi connectivity index (χ1n) is 4.92. The molecule has 14 heavy (non-hydrogen) atoms. The van der Waals surface area contributed by atoms with Crippen molar-refractivity contribution in [2.45, 2.75) is 38.6 Å². The lowest BCUT2D eigenvalue weighted by Crippen LogP contribution is -2.19. The van der Waals surface area contributed by atoms with Gasteiger partial charge in [-0.15, -0.1) is 0 Å². The number of aryl methyl sites for hydroxylation is 1. The van der Waals surface area contributed by atoms with Crippen molar-refractivity contribution in [2.75, 3.05) is 0 Å². The van der Waals surface area contributed by atoms with Crippen molar-refractivity contribution in [1.82, 2.24) is 9.55 Å². The van der Waals surface area contributed by atoms with E-state index in [4.69, 9.17) is 5.11 Å².